The van der Waals surface area contributed by atoms with E-state index in [9.17, 15) is 4.39 Å². The van der Waals surface area contributed by atoms with Crippen LogP contribution in [0.4, 0.5) is 4.39 Å². The van der Waals surface area contributed by atoms with Gasteiger partial charge >= 0.3 is 0 Å². The van der Waals surface area contributed by atoms with Gasteiger partial charge in [0.25, 0.3) is 0 Å². The average molecular weight is 244 g/mol. The quantitative estimate of drug-likeness (QED) is 0.878. The van der Waals surface area contributed by atoms with Crippen molar-refractivity contribution in [2.75, 3.05) is 13.1 Å². The van der Waals surface area contributed by atoms with Crippen molar-refractivity contribution in [2.45, 2.75) is 24.9 Å². The zero-order valence-corrected chi connectivity index (χ0v) is 10.3. The van der Waals surface area contributed by atoms with Crippen LogP contribution in [0.1, 0.15) is 18.5 Å². The van der Waals surface area contributed by atoms with Crippen molar-refractivity contribution in [2.24, 2.45) is 0 Å². The molecule has 2 nitrogen and oxygen atoms in total. The van der Waals surface area contributed by atoms with Crippen LogP contribution in [0.15, 0.2) is 36.4 Å². The molecule has 1 aromatic heterocycles. The van der Waals surface area contributed by atoms with Gasteiger partial charge < -0.3 is 5.32 Å². The Morgan fingerprint density at radius 3 is 2.72 bits per heavy atom. The van der Waals surface area contributed by atoms with Gasteiger partial charge in [-0.3, -0.25) is 4.98 Å². The summed E-state index contributed by atoms with van der Waals surface area (Å²) in [4.78, 5) is 4.55. The predicted octanol–water partition coefficient (Wildman–Crippen LogP) is 2.87. The number of rotatable bonds is 2. The van der Waals surface area contributed by atoms with Crippen LogP contribution in [0, 0.1) is 0 Å². The summed E-state index contributed by atoms with van der Waals surface area (Å²) >= 11 is 0. The van der Waals surface area contributed by atoms with E-state index in [1.807, 2.05) is 36.4 Å². The van der Waals surface area contributed by atoms with Crippen LogP contribution in [-0.4, -0.2) is 23.7 Å². The summed E-state index contributed by atoms with van der Waals surface area (Å²) in [6, 6.07) is 11.9. The Balaban J connectivity index is 1.85. The van der Waals surface area contributed by atoms with Crippen molar-refractivity contribution in [3.63, 3.8) is 0 Å². The number of pyridine rings is 1. The molecule has 1 aliphatic heterocycles. The number of para-hydroxylation sites is 1. The summed E-state index contributed by atoms with van der Waals surface area (Å²) in [6.07, 6.45) is 1.60. The molecular formula is C15H17FN2. The minimum absolute atomic E-state index is 0.430. The minimum atomic E-state index is -1.08. The highest BCUT2D eigenvalue weighted by Crippen LogP contribution is 2.27. The summed E-state index contributed by atoms with van der Waals surface area (Å²) in [7, 11) is 0. The van der Waals surface area contributed by atoms with Gasteiger partial charge in [-0.25, -0.2) is 4.39 Å². The molecule has 0 saturated carbocycles. The maximum absolute atomic E-state index is 14.6. The molecule has 1 N–H and O–H groups in total. The maximum Gasteiger partial charge on any atom is 0.119 e. The molecule has 1 saturated heterocycles. The molecule has 0 unspecified atom stereocenters. The highest BCUT2D eigenvalue weighted by molar-refractivity contribution is 5.78. The van der Waals surface area contributed by atoms with Crippen LogP contribution < -0.4 is 5.32 Å². The molecule has 1 aliphatic rings. The van der Waals surface area contributed by atoms with Gasteiger partial charge in [0, 0.05) is 17.5 Å². The van der Waals surface area contributed by atoms with Gasteiger partial charge in [0.2, 0.25) is 0 Å². The van der Waals surface area contributed by atoms with E-state index in [1.165, 1.54) is 0 Å². The molecule has 3 rings (SSSR count). The van der Waals surface area contributed by atoms with Crippen LogP contribution in [0.25, 0.3) is 10.9 Å². The van der Waals surface area contributed by atoms with Crippen molar-refractivity contribution in [1.82, 2.24) is 10.3 Å². The first-order valence-corrected chi connectivity index (χ1v) is 6.50. The average Bonchev–Trinajstić information content (AvgIpc) is 2.39. The van der Waals surface area contributed by atoms with E-state index in [0.29, 0.717) is 19.3 Å². The molecule has 94 valence electrons. The fourth-order valence-electron chi connectivity index (χ4n) is 2.58. The van der Waals surface area contributed by atoms with Gasteiger partial charge in [-0.05, 0) is 38.1 Å². The lowest BCUT2D eigenvalue weighted by Crippen LogP contribution is -2.40. The van der Waals surface area contributed by atoms with Crippen molar-refractivity contribution in [3.05, 3.63) is 42.1 Å². The van der Waals surface area contributed by atoms with E-state index >= 15 is 0 Å². The van der Waals surface area contributed by atoms with Crippen LogP contribution in [-0.2, 0) is 6.42 Å². The molecule has 3 heteroatoms. The van der Waals surface area contributed by atoms with Gasteiger partial charge in [0.15, 0.2) is 0 Å². The Hall–Kier alpha value is -1.48. The number of hydrogen-bond donors (Lipinski definition) is 1. The summed E-state index contributed by atoms with van der Waals surface area (Å²) in [6.45, 7) is 1.54. The number of halogens is 1. The lowest BCUT2D eigenvalue weighted by atomic mass is 9.89. The second-order valence-electron chi connectivity index (χ2n) is 5.07. The fourth-order valence-corrected chi connectivity index (χ4v) is 2.58. The smallest absolute Gasteiger partial charge is 0.119 e. The first-order valence-electron chi connectivity index (χ1n) is 6.50. The summed E-state index contributed by atoms with van der Waals surface area (Å²) in [5.74, 6) is 0. The fraction of sp³-hybridized carbons (Fsp3) is 0.400. The topological polar surface area (TPSA) is 24.9 Å². The molecular weight excluding hydrogens is 227 g/mol. The van der Waals surface area contributed by atoms with E-state index in [4.69, 9.17) is 0 Å². The Labute approximate surface area is 106 Å². The molecule has 0 aliphatic carbocycles. The number of nitrogens with one attached hydrogen (secondary N) is 1. The van der Waals surface area contributed by atoms with Crippen molar-refractivity contribution < 1.29 is 4.39 Å². The first kappa shape index (κ1) is 11.6. The lowest BCUT2D eigenvalue weighted by molar-refractivity contribution is 0.115. The Morgan fingerprint density at radius 1 is 1.11 bits per heavy atom. The van der Waals surface area contributed by atoms with Crippen LogP contribution in [0.2, 0.25) is 0 Å². The Bertz CT molecular complexity index is 547. The summed E-state index contributed by atoms with van der Waals surface area (Å²) < 4.78 is 14.6. The first-order chi connectivity index (χ1) is 8.75. The van der Waals surface area contributed by atoms with Crippen LogP contribution in [0.3, 0.4) is 0 Å². The number of piperidine rings is 1. The van der Waals surface area contributed by atoms with Crippen molar-refractivity contribution in [3.8, 4) is 0 Å². The Morgan fingerprint density at radius 2 is 1.89 bits per heavy atom. The maximum atomic E-state index is 14.6. The highest BCUT2D eigenvalue weighted by atomic mass is 19.1. The largest absolute Gasteiger partial charge is 0.316 e. The molecule has 0 atom stereocenters. The summed E-state index contributed by atoms with van der Waals surface area (Å²) in [5.41, 5.74) is 0.728. The Kier molecular flexibility index (Phi) is 3.00. The van der Waals surface area contributed by atoms with Gasteiger partial charge in [-0.1, -0.05) is 24.3 Å². The van der Waals surface area contributed by atoms with Crippen molar-refractivity contribution >= 4 is 10.9 Å². The van der Waals surface area contributed by atoms with E-state index in [1.54, 1.807) is 0 Å². The standard InChI is InChI=1S/C15H17FN2/c16-15(7-9-17-10-8-15)11-13-6-5-12-3-1-2-4-14(12)18-13/h1-6,17H,7-11H2. The zero-order chi connectivity index (χ0) is 12.4. The number of fused-ring (bicyclic) bond motifs is 1. The van der Waals surface area contributed by atoms with E-state index in [0.717, 1.165) is 29.7 Å². The molecule has 0 radical (unpaired) electrons. The van der Waals surface area contributed by atoms with E-state index in [-0.39, 0.29) is 0 Å². The van der Waals surface area contributed by atoms with Gasteiger partial charge in [0.1, 0.15) is 5.67 Å². The lowest BCUT2D eigenvalue weighted by Gasteiger charge is -2.29. The van der Waals surface area contributed by atoms with Gasteiger partial charge in [-0.15, -0.1) is 0 Å². The molecule has 2 aromatic rings. The number of benzene rings is 1. The number of alkyl halides is 1. The van der Waals surface area contributed by atoms with Crippen LogP contribution in [0.5, 0.6) is 0 Å². The minimum Gasteiger partial charge on any atom is -0.316 e. The second-order valence-corrected chi connectivity index (χ2v) is 5.07. The number of hydrogen-bond acceptors (Lipinski definition) is 2. The van der Waals surface area contributed by atoms with Gasteiger partial charge in [0.05, 0.1) is 5.52 Å². The molecule has 2 heterocycles. The molecule has 1 aromatic carbocycles. The van der Waals surface area contributed by atoms with Crippen molar-refractivity contribution in [1.29, 1.82) is 0 Å². The predicted molar refractivity (Wildman–Crippen MR) is 71.4 cm³/mol. The third-order valence-corrected chi connectivity index (χ3v) is 3.65. The molecule has 0 amide bonds. The van der Waals surface area contributed by atoms with E-state index in [2.05, 4.69) is 10.3 Å². The summed E-state index contributed by atoms with van der Waals surface area (Å²) in [5, 5.41) is 4.31. The molecule has 18 heavy (non-hydrogen) atoms. The molecule has 1 fully saturated rings. The normalized spacial score (nSPS) is 18.9. The van der Waals surface area contributed by atoms with E-state index < -0.39 is 5.67 Å². The monoisotopic (exact) mass is 244 g/mol. The molecule has 0 spiro atoms. The zero-order valence-electron chi connectivity index (χ0n) is 10.3. The molecule has 0 bridgehead atoms. The van der Waals surface area contributed by atoms with Crippen LogP contribution >= 0.6 is 0 Å². The third kappa shape index (κ3) is 2.36. The highest BCUT2D eigenvalue weighted by Gasteiger charge is 2.32. The number of aromatic nitrogens is 1. The van der Waals surface area contributed by atoms with Gasteiger partial charge in [-0.2, -0.15) is 0 Å². The SMILES string of the molecule is FC1(Cc2ccc3ccccc3n2)CCNCC1. The second kappa shape index (κ2) is 4.65. The number of nitrogens with zero attached hydrogens (tertiary/aromatic N) is 1. The third-order valence-electron chi connectivity index (χ3n) is 3.65.